The number of hydrazone groups is 1. The summed E-state index contributed by atoms with van der Waals surface area (Å²) in [5.41, 5.74) is 4.01. The molecule has 1 heterocycles. The number of carbonyl (C=O) groups is 1. The van der Waals surface area contributed by atoms with Gasteiger partial charge in [0.25, 0.3) is 0 Å². The maximum atomic E-state index is 12.4. The lowest BCUT2D eigenvalue weighted by atomic mass is 10.1. The SMILES string of the molecule is COc1cc(/C=N/NC(=O)c2oc3cccc(O)c3c2C)cc(OC)c1OC. The Balaban J connectivity index is 1.83. The van der Waals surface area contributed by atoms with Crippen molar-refractivity contribution in [2.45, 2.75) is 6.92 Å². The number of phenolic OH excluding ortho intramolecular Hbond substituents is 1. The highest BCUT2D eigenvalue weighted by atomic mass is 16.5. The molecule has 8 nitrogen and oxygen atoms in total. The van der Waals surface area contributed by atoms with Crippen molar-refractivity contribution in [2.75, 3.05) is 21.3 Å². The van der Waals surface area contributed by atoms with Crippen LogP contribution in [0.5, 0.6) is 23.0 Å². The number of aryl methyl sites for hydroxylation is 1. The summed E-state index contributed by atoms with van der Waals surface area (Å²) in [5, 5.41) is 14.4. The molecule has 3 aromatic rings. The normalized spacial score (nSPS) is 11.0. The molecule has 0 atom stereocenters. The number of methoxy groups -OCH3 is 3. The molecule has 8 heteroatoms. The first-order chi connectivity index (χ1) is 13.5. The van der Waals surface area contributed by atoms with E-state index in [0.717, 1.165) is 0 Å². The van der Waals surface area contributed by atoms with Crippen molar-refractivity contribution >= 4 is 23.1 Å². The van der Waals surface area contributed by atoms with Crippen molar-refractivity contribution in [3.63, 3.8) is 0 Å². The van der Waals surface area contributed by atoms with E-state index in [1.165, 1.54) is 33.6 Å². The minimum atomic E-state index is -0.531. The third-order valence-electron chi connectivity index (χ3n) is 4.20. The number of phenols is 1. The van der Waals surface area contributed by atoms with Gasteiger partial charge in [0, 0.05) is 11.1 Å². The molecule has 0 unspecified atom stereocenters. The number of nitrogens with zero attached hydrogens (tertiary/aromatic N) is 1. The number of hydrogen-bond acceptors (Lipinski definition) is 7. The summed E-state index contributed by atoms with van der Waals surface area (Å²) in [6.07, 6.45) is 1.44. The summed E-state index contributed by atoms with van der Waals surface area (Å²) in [4.78, 5) is 12.4. The van der Waals surface area contributed by atoms with E-state index in [9.17, 15) is 9.90 Å². The Morgan fingerprint density at radius 2 is 1.82 bits per heavy atom. The van der Waals surface area contributed by atoms with Gasteiger partial charge in [0.15, 0.2) is 17.3 Å². The molecule has 28 heavy (non-hydrogen) atoms. The maximum Gasteiger partial charge on any atom is 0.307 e. The molecule has 3 rings (SSSR count). The van der Waals surface area contributed by atoms with Gasteiger partial charge in [-0.05, 0) is 31.2 Å². The highest BCUT2D eigenvalue weighted by molar-refractivity contribution is 6.01. The van der Waals surface area contributed by atoms with Gasteiger partial charge in [-0.15, -0.1) is 0 Å². The standard InChI is InChI=1S/C20H20N2O6/c1-11-17-13(23)6-5-7-14(17)28-18(11)20(24)22-21-10-12-8-15(25-2)19(27-4)16(9-12)26-3/h5-10,23H,1-4H3,(H,22,24)/b21-10+. The summed E-state index contributed by atoms with van der Waals surface area (Å²) in [7, 11) is 4.54. The number of amides is 1. The minimum Gasteiger partial charge on any atom is -0.507 e. The van der Waals surface area contributed by atoms with Gasteiger partial charge in [0.05, 0.1) is 32.9 Å². The van der Waals surface area contributed by atoms with E-state index in [2.05, 4.69) is 10.5 Å². The summed E-state index contributed by atoms with van der Waals surface area (Å²) in [6.45, 7) is 1.70. The first-order valence-electron chi connectivity index (χ1n) is 8.34. The molecule has 0 radical (unpaired) electrons. The Hall–Kier alpha value is -3.68. The molecule has 0 spiro atoms. The fourth-order valence-corrected chi connectivity index (χ4v) is 2.89. The van der Waals surface area contributed by atoms with Crippen molar-refractivity contribution in [2.24, 2.45) is 5.10 Å². The van der Waals surface area contributed by atoms with Crippen molar-refractivity contribution in [1.29, 1.82) is 0 Å². The number of rotatable bonds is 6. The molecule has 0 aliphatic rings. The van der Waals surface area contributed by atoms with Crippen LogP contribution < -0.4 is 19.6 Å². The van der Waals surface area contributed by atoms with E-state index in [1.807, 2.05) is 0 Å². The fourth-order valence-electron chi connectivity index (χ4n) is 2.89. The molecular weight excluding hydrogens is 364 g/mol. The average Bonchev–Trinajstić information content (AvgIpc) is 3.04. The molecule has 2 N–H and O–H groups in total. The van der Waals surface area contributed by atoms with Gasteiger partial charge in [-0.3, -0.25) is 4.79 Å². The number of benzene rings is 2. The Bertz CT molecular complexity index is 1030. The van der Waals surface area contributed by atoms with Crippen LogP contribution in [0.25, 0.3) is 11.0 Å². The third-order valence-corrected chi connectivity index (χ3v) is 4.20. The van der Waals surface area contributed by atoms with Gasteiger partial charge >= 0.3 is 5.91 Å². The summed E-state index contributed by atoms with van der Waals surface area (Å²) < 4.78 is 21.4. The summed E-state index contributed by atoms with van der Waals surface area (Å²) in [5.74, 6) is 1.01. The smallest absolute Gasteiger partial charge is 0.307 e. The summed E-state index contributed by atoms with van der Waals surface area (Å²) in [6, 6.07) is 8.25. The molecular formula is C20H20N2O6. The largest absolute Gasteiger partial charge is 0.507 e. The van der Waals surface area contributed by atoms with E-state index in [0.29, 0.717) is 39.3 Å². The zero-order valence-electron chi connectivity index (χ0n) is 15.9. The Morgan fingerprint density at radius 1 is 1.14 bits per heavy atom. The van der Waals surface area contributed by atoms with E-state index in [1.54, 1.807) is 31.2 Å². The molecule has 0 aliphatic heterocycles. The molecule has 0 saturated heterocycles. The molecule has 0 fully saturated rings. The summed E-state index contributed by atoms with van der Waals surface area (Å²) >= 11 is 0. The van der Waals surface area contributed by atoms with Crippen molar-refractivity contribution in [3.8, 4) is 23.0 Å². The highest BCUT2D eigenvalue weighted by Crippen LogP contribution is 2.37. The average molecular weight is 384 g/mol. The number of fused-ring (bicyclic) bond motifs is 1. The second kappa shape index (κ2) is 7.91. The van der Waals surface area contributed by atoms with Crippen molar-refractivity contribution in [3.05, 3.63) is 47.2 Å². The second-order valence-corrected chi connectivity index (χ2v) is 5.86. The van der Waals surface area contributed by atoms with Crippen LogP contribution in [0.3, 0.4) is 0 Å². The number of aromatic hydroxyl groups is 1. The number of furan rings is 1. The predicted molar refractivity (Wildman–Crippen MR) is 104 cm³/mol. The van der Waals surface area contributed by atoms with Gasteiger partial charge < -0.3 is 23.7 Å². The molecule has 0 aliphatic carbocycles. The highest BCUT2D eigenvalue weighted by Gasteiger charge is 2.19. The van der Waals surface area contributed by atoms with Gasteiger partial charge in [0.1, 0.15) is 11.3 Å². The molecule has 146 valence electrons. The monoisotopic (exact) mass is 384 g/mol. The van der Waals surface area contributed by atoms with Gasteiger partial charge in [-0.2, -0.15) is 5.10 Å². The Morgan fingerprint density at radius 3 is 2.39 bits per heavy atom. The maximum absolute atomic E-state index is 12.4. The predicted octanol–water partition coefficient (Wildman–Crippen LogP) is 3.24. The first kappa shape index (κ1) is 19.1. The lowest BCUT2D eigenvalue weighted by Crippen LogP contribution is -2.17. The molecule has 0 bridgehead atoms. The van der Waals surface area contributed by atoms with Crippen LogP contribution >= 0.6 is 0 Å². The fraction of sp³-hybridized carbons (Fsp3) is 0.200. The topological polar surface area (TPSA) is 103 Å². The van der Waals surface area contributed by atoms with Crippen LogP contribution in [0.2, 0.25) is 0 Å². The van der Waals surface area contributed by atoms with E-state index >= 15 is 0 Å². The van der Waals surface area contributed by atoms with Gasteiger partial charge in [0.2, 0.25) is 5.75 Å². The first-order valence-corrected chi connectivity index (χ1v) is 8.34. The van der Waals surface area contributed by atoms with Crippen LogP contribution in [0.1, 0.15) is 21.7 Å². The van der Waals surface area contributed by atoms with E-state index in [4.69, 9.17) is 18.6 Å². The molecule has 1 aromatic heterocycles. The quantitative estimate of drug-likeness (QED) is 0.500. The molecule has 0 saturated carbocycles. The zero-order valence-corrected chi connectivity index (χ0v) is 15.9. The third kappa shape index (κ3) is 3.44. The van der Waals surface area contributed by atoms with E-state index < -0.39 is 5.91 Å². The van der Waals surface area contributed by atoms with Crippen LogP contribution in [-0.2, 0) is 0 Å². The Kier molecular flexibility index (Phi) is 5.39. The van der Waals surface area contributed by atoms with Crippen molar-refractivity contribution in [1.82, 2.24) is 5.43 Å². The number of nitrogens with one attached hydrogen (secondary N) is 1. The van der Waals surface area contributed by atoms with Crippen LogP contribution in [0.15, 0.2) is 39.9 Å². The van der Waals surface area contributed by atoms with Crippen LogP contribution in [0, 0.1) is 6.92 Å². The lowest BCUT2D eigenvalue weighted by molar-refractivity contribution is 0.0929. The zero-order chi connectivity index (χ0) is 20.3. The van der Waals surface area contributed by atoms with Crippen molar-refractivity contribution < 1.29 is 28.5 Å². The molecule has 1 amide bonds. The minimum absolute atomic E-state index is 0.0544. The van der Waals surface area contributed by atoms with Crippen LogP contribution in [-0.4, -0.2) is 38.6 Å². The number of hydrogen-bond donors (Lipinski definition) is 2. The lowest BCUT2D eigenvalue weighted by Gasteiger charge is -2.12. The number of carbonyl (C=O) groups excluding carboxylic acids is 1. The van der Waals surface area contributed by atoms with Gasteiger partial charge in [-0.25, -0.2) is 5.43 Å². The second-order valence-electron chi connectivity index (χ2n) is 5.86. The van der Waals surface area contributed by atoms with Gasteiger partial charge in [-0.1, -0.05) is 6.07 Å². The molecule has 2 aromatic carbocycles. The van der Waals surface area contributed by atoms with E-state index in [-0.39, 0.29) is 11.5 Å². The number of ether oxygens (including phenoxy) is 3. The Labute approximate surface area is 161 Å². The van der Waals surface area contributed by atoms with Crippen LogP contribution in [0.4, 0.5) is 0 Å².